The molecule has 0 radical (unpaired) electrons. The van der Waals surface area contributed by atoms with Crippen LogP contribution in [0.3, 0.4) is 0 Å². The minimum atomic E-state index is 0. The van der Waals surface area contributed by atoms with Crippen LogP contribution in [0.25, 0.3) is 0 Å². The van der Waals surface area contributed by atoms with Gasteiger partial charge in [-0.05, 0) is 17.7 Å². The van der Waals surface area contributed by atoms with Crippen molar-refractivity contribution in [3.63, 3.8) is 0 Å². The molecule has 0 fully saturated rings. The van der Waals surface area contributed by atoms with Gasteiger partial charge in [0.05, 0.1) is 0 Å². The fourth-order valence-corrected chi connectivity index (χ4v) is 1.26. The Morgan fingerprint density at radius 1 is 0.875 bits per heavy atom. The summed E-state index contributed by atoms with van der Waals surface area (Å²) in [6.07, 6.45) is 1.73. The van der Waals surface area contributed by atoms with Crippen molar-refractivity contribution in [3.8, 4) is 5.75 Å². The summed E-state index contributed by atoms with van der Waals surface area (Å²) in [6, 6.07) is 16.8. The van der Waals surface area contributed by atoms with E-state index in [2.05, 4.69) is 4.99 Å². The Morgan fingerprint density at radius 3 is 2.19 bits per heavy atom. The number of aliphatic imine (C=N–C) groups is 1. The zero-order chi connectivity index (χ0) is 10.5. The van der Waals surface area contributed by atoms with Gasteiger partial charge in [0.15, 0.2) is 0 Å². The van der Waals surface area contributed by atoms with Crippen molar-refractivity contribution in [1.29, 1.82) is 0 Å². The molecule has 0 amide bonds. The third-order valence-corrected chi connectivity index (χ3v) is 2.03. The van der Waals surface area contributed by atoms with Gasteiger partial charge in [-0.2, -0.15) is 0 Å². The Balaban J connectivity index is 0.00000128. The Bertz CT molecular complexity index is 468. The molecule has 0 aliphatic carbocycles. The second-order valence-corrected chi connectivity index (χ2v) is 3.16. The van der Waals surface area contributed by atoms with E-state index < -0.39 is 0 Å². The Kier molecular flexibility index (Phi) is 4.85. The molecule has 0 aromatic heterocycles. The molecule has 0 unspecified atom stereocenters. The van der Waals surface area contributed by atoms with Gasteiger partial charge in [0.25, 0.3) is 0 Å². The number of phenols is 1. The van der Waals surface area contributed by atoms with Crippen LogP contribution in [0.15, 0.2) is 59.6 Å². The summed E-state index contributed by atoms with van der Waals surface area (Å²) >= 11 is 0. The summed E-state index contributed by atoms with van der Waals surface area (Å²) in [6.45, 7) is 0. The van der Waals surface area contributed by atoms with Crippen LogP contribution in [0.4, 0.5) is 5.69 Å². The van der Waals surface area contributed by atoms with E-state index in [1.54, 1.807) is 24.4 Å². The summed E-state index contributed by atoms with van der Waals surface area (Å²) < 4.78 is 0. The number of para-hydroxylation sites is 2. The number of aromatic hydroxyl groups is 1. The van der Waals surface area contributed by atoms with Crippen LogP contribution in [-0.2, 0) is 0 Å². The number of phenolic OH excluding ortho intramolecular Hbond substituents is 1. The minimum Gasteiger partial charge on any atom is -0.506 e. The molecule has 2 rings (SSSR count). The molecule has 1 N–H and O–H groups in total. The van der Waals surface area contributed by atoms with Gasteiger partial charge < -0.3 is 5.11 Å². The van der Waals surface area contributed by atoms with E-state index in [4.69, 9.17) is 0 Å². The molecule has 74 valence electrons. The van der Waals surface area contributed by atoms with Gasteiger partial charge >= 0.3 is 18.9 Å². The van der Waals surface area contributed by atoms with Crippen molar-refractivity contribution < 1.29 is 24.0 Å². The molecule has 0 heterocycles. The van der Waals surface area contributed by atoms with Gasteiger partial charge in [-0.3, -0.25) is 4.99 Å². The summed E-state index contributed by atoms with van der Waals surface area (Å²) in [5.74, 6) is 0.199. The van der Waals surface area contributed by atoms with E-state index in [9.17, 15) is 5.11 Å². The first-order valence-electron chi connectivity index (χ1n) is 4.73. The Morgan fingerprint density at radius 2 is 1.50 bits per heavy atom. The zero-order valence-corrected chi connectivity index (χ0v) is 9.17. The van der Waals surface area contributed by atoms with Gasteiger partial charge in [-0.1, -0.05) is 42.5 Å². The molecule has 0 aliphatic rings. The smallest absolute Gasteiger partial charge is 0.506 e. The molecule has 0 saturated carbocycles. The monoisotopic (exact) mass is 204 g/mol. The molecule has 0 atom stereocenters. The fraction of sp³-hybridized carbons (Fsp3) is 0. The molecule has 2 nitrogen and oxygen atoms in total. The first-order valence-corrected chi connectivity index (χ1v) is 4.73. The number of hydrogen-bond acceptors (Lipinski definition) is 2. The Labute approximate surface area is 107 Å². The summed E-state index contributed by atoms with van der Waals surface area (Å²) in [4.78, 5) is 4.20. The summed E-state index contributed by atoms with van der Waals surface area (Å²) in [7, 11) is 0. The van der Waals surface area contributed by atoms with E-state index in [1.165, 1.54) is 0 Å². The molecule has 0 bridgehead atoms. The summed E-state index contributed by atoms with van der Waals surface area (Å²) in [5, 5.41) is 9.47. The van der Waals surface area contributed by atoms with Crippen LogP contribution in [-0.4, -0.2) is 11.3 Å². The van der Waals surface area contributed by atoms with Crippen LogP contribution in [0.5, 0.6) is 5.75 Å². The molecular weight excluding hydrogens is 193 g/mol. The van der Waals surface area contributed by atoms with Crippen LogP contribution in [0.1, 0.15) is 5.56 Å². The minimum absolute atomic E-state index is 0. The number of nitrogens with zero attached hydrogens (tertiary/aromatic N) is 1. The van der Waals surface area contributed by atoms with Crippen molar-refractivity contribution in [3.05, 3.63) is 60.2 Å². The fourth-order valence-electron chi connectivity index (χ4n) is 1.26. The standard InChI is InChI=1S/C13H11NO.Li/c15-13-9-5-4-8-12(13)14-10-11-6-2-1-3-7-11;/h1-10,15H;/q;+1. The predicted molar refractivity (Wildman–Crippen MR) is 61.8 cm³/mol. The zero-order valence-electron chi connectivity index (χ0n) is 9.17. The average Bonchev–Trinajstić information content (AvgIpc) is 2.29. The van der Waals surface area contributed by atoms with Gasteiger partial charge in [0.2, 0.25) is 0 Å². The molecule has 3 heteroatoms. The quantitative estimate of drug-likeness (QED) is 0.548. The van der Waals surface area contributed by atoms with Crippen LogP contribution in [0.2, 0.25) is 0 Å². The first-order chi connectivity index (χ1) is 7.36. The van der Waals surface area contributed by atoms with Crippen LogP contribution in [0, 0.1) is 0 Å². The van der Waals surface area contributed by atoms with Gasteiger partial charge in [0, 0.05) is 6.21 Å². The van der Waals surface area contributed by atoms with Crippen LogP contribution >= 0.6 is 0 Å². The molecule has 2 aromatic rings. The average molecular weight is 204 g/mol. The van der Waals surface area contributed by atoms with Crippen molar-refractivity contribution in [2.75, 3.05) is 0 Å². The van der Waals surface area contributed by atoms with Gasteiger partial charge in [-0.15, -0.1) is 0 Å². The van der Waals surface area contributed by atoms with Crippen molar-refractivity contribution in [2.45, 2.75) is 0 Å². The van der Waals surface area contributed by atoms with Crippen molar-refractivity contribution in [1.82, 2.24) is 0 Å². The number of hydrogen-bond donors (Lipinski definition) is 1. The molecule has 2 aromatic carbocycles. The molecule has 0 aliphatic heterocycles. The predicted octanol–water partition coefficient (Wildman–Crippen LogP) is 0.147. The molecule has 16 heavy (non-hydrogen) atoms. The van der Waals surface area contributed by atoms with E-state index in [0.717, 1.165) is 5.56 Å². The number of rotatable bonds is 2. The van der Waals surface area contributed by atoms with E-state index in [1.807, 2.05) is 36.4 Å². The van der Waals surface area contributed by atoms with E-state index in [0.29, 0.717) is 5.69 Å². The van der Waals surface area contributed by atoms with Gasteiger partial charge in [0.1, 0.15) is 11.4 Å². The molecule has 0 saturated heterocycles. The van der Waals surface area contributed by atoms with E-state index in [-0.39, 0.29) is 24.6 Å². The molecule has 0 spiro atoms. The summed E-state index contributed by atoms with van der Waals surface area (Å²) in [5.41, 5.74) is 1.60. The first kappa shape index (κ1) is 12.6. The maximum atomic E-state index is 9.47. The van der Waals surface area contributed by atoms with Gasteiger partial charge in [-0.25, -0.2) is 0 Å². The third kappa shape index (κ3) is 3.27. The third-order valence-electron chi connectivity index (χ3n) is 2.03. The topological polar surface area (TPSA) is 32.6 Å². The van der Waals surface area contributed by atoms with E-state index >= 15 is 0 Å². The molecular formula is C13H11LiNO+. The maximum absolute atomic E-state index is 9.47. The SMILES string of the molecule is Oc1ccccc1N=Cc1ccccc1.[Li+]. The normalized spacial score (nSPS) is 10.0. The van der Waals surface area contributed by atoms with Crippen molar-refractivity contribution in [2.24, 2.45) is 4.99 Å². The largest absolute Gasteiger partial charge is 1.00 e. The second kappa shape index (κ2) is 6.17. The second-order valence-electron chi connectivity index (χ2n) is 3.16. The maximum Gasteiger partial charge on any atom is 1.00 e. The van der Waals surface area contributed by atoms with Crippen LogP contribution < -0.4 is 18.9 Å². The van der Waals surface area contributed by atoms with Crippen molar-refractivity contribution >= 4 is 11.9 Å². The number of benzene rings is 2. The Hall–Kier alpha value is -1.49.